The molecule has 0 aliphatic carbocycles. The molecule has 0 spiro atoms. The number of aryl methyl sites for hydroxylation is 1. The van der Waals surface area contributed by atoms with Crippen molar-refractivity contribution < 1.29 is 9.53 Å². The first kappa shape index (κ1) is 16.1. The molecule has 1 amide bonds. The van der Waals surface area contributed by atoms with E-state index < -0.39 is 5.60 Å². The van der Waals surface area contributed by atoms with Gasteiger partial charge in [-0.1, -0.05) is 0 Å². The molecule has 1 aliphatic heterocycles. The standard InChI is InChI=1S/C15H23N3O2S/c1-11-7-8-13(17-16-11)21-10-12-6-5-9-18(12)14(19)20-15(2,3)4/h7-8,12H,5-6,9-10H2,1-4H3/t12-/m0/s1. The van der Waals surface area contributed by atoms with Crippen LogP contribution >= 0.6 is 11.8 Å². The van der Waals surface area contributed by atoms with E-state index in [9.17, 15) is 4.79 Å². The summed E-state index contributed by atoms with van der Waals surface area (Å²) in [5.41, 5.74) is 0.468. The molecule has 1 atom stereocenters. The SMILES string of the molecule is Cc1ccc(SC[C@@H]2CCCN2C(=O)OC(C)(C)C)nn1. The molecule has 1 fully saturated rings. The van der Waals surface area contributed by atoms with Gasteiger partial charge in [-0.2, -0.15) is 5.10 Å². The first-order chi connectivity index (χ1) is 9.85. The monoisotopic (exact) mass is 309 g/mol. The van der Waals surface area contributed by atoms with Gasteiger partial charge in [-0.05, 0) is 52.7 Å². The fraction of sp³-hybridized carbons (Fsp3) is 0.667. The van der Waals surface area contributed by atoms with Crippen LogP contribution in [0.3, 0.4) is 0 Å². The van der Waals surface area contributed by atoms with Crippen molar-refractivity contribution in [2.24, 2.45) is 0 Å². The van der Waals surface area contributed by atoms with Crippen molar-refractivity contribution in [3.05, 3.63) is 17.8 Å². The molecule has 1 aliphatic rings. The largest absolute Gasteiger partial charge is 0.444 e. The van der Waals surface area contributed by atoms with Crippen LogP contribution in [0.2, 0.25) is 0 Å². The Kier molecular flexibility index (Phi) is 5.08. The number of hydrogen-bond donors (Lipinski definition) is 0. The lowest BCUT2D eigenvalue weighted by atomic mass is 10.2. The number of carbonyl (C=O) groups excluding carboxylic acids is 1. The summed E-state index contributed by atoms with van der Waals surface area (Å²) < 4.78 is 5.47. The van der Waals surface area contributed by atoms with Gasteiger partial charge in [0.25, 0.3) is 0 Å². The topological polar surface area (TPSA) is 55.3 Å². The van der Waals surface area contributed by atoms with E-state index in [2.05, 4.69) is 10.2 Å². The maximum Gasteiger partial charge on any atom is 0.410 e. The Balaban J connectivity index is 1.90. The molecule has 1 aromatic heterocycles. The number of ether oxygens (including phenoxy) is 1. The van der Waals surface area contributed by atoms with Crippen molar-refractivity contribution in [2.75, 3.05) is 12.3 Å². The quantitative estimate of drug-likeness (QED) is 0.802. The van der Waals surface area contributed by atoms with Crippen LogP contribution in [0.25, 0.3) is 0 Å². The Morgan fingerprint density at radius 2 is 2.19 bits per heavy atom. The summed E-state index contributed by atoms with van der Waals surface area (Å²) in [6, 6.07) is 4.14. The molecule has 21 heavy (non-hydrogen) atoms. The smallest absolute Gasteiger partial charge is 0.410 e. The molecule has 6 heteroatoms. The summed E-state index contributed by atoms with van der Waals surface area (Å²) in [5.74, 6) is 0.830. The van der Waals surface area contributed by atoms with Gasteiger partial charge in [0.1, 0.15) is 10.6 Å². The molecule has 0 unspecified atom stereocenters. The van der Waals surface area contributed by atoms with Crippen LogP contribution in [0.1, 0.15) is 39.3 Å². The molecule has 1 aromatic rings. The lowest BCUT2D eigenvalue weighted by Gasteiger charge is -2.28. The third-order valence-electron chi connectivity index (χ3n) is 3.20. The second kappa shape index (κ2) is 6.64. The summed E-state index contributed by atoms with van der Waals surface area (Å²) in [4.78, 5) is 14.0. The number of nitrogens with zero attached hydrogens (tertiary/aromatic N) is 3. The van der Waals surface area contributed by atoms with E-state index in [0.717, 1.165) is 35.9 Å². The highest BCUT2D eigenvalue weighted by Crippen LogP contribution is 2.26. The van der Waals surface area contributed by atoms with E-state index in [1.807, 2.05) is 44.7 Å². The minimum atomic E-state index is -0.445. The Labute approximate surface area is 130 Å². The third kappa shape index (κ3) is 4.88. The Bertz CT molecular complexity index is 485. The number of thioether (sulfide) groups is 1. The molecule has 0 aromatic carbocycles. The van der Waals surface area contributed by atoms with Gasteiger partial charge in [0.2, 0.25) is 0 Å². The Hall–Kier alpha value is -1.30. The molecule has 2 rings (SSSR count). The van der Waals surface area contributed by atoms with Crippen molar-refractivity contribution in [2.45, 2.75) is 57.2 Å². The fourth-order valence-corrected chi connectivity index (χ4v) is 3.19. The van der Waals surface area contributed by atoms with Gasteiger partial charge in [-0.25, -0.2) is 4.79 Å². The molecule has 0 bridgehead atoms. The molecule has 116 valence electrons. The van der Waals surface area contributed by atoms with E-state index in [1.165, 1.54) is 0 Å². The van der Waals surface area contributed by atoms with E-state index in [4.69, 9.17) is 4.74 Å². The molecular weight excluding hydrogens is 286 g/mol. The summed E-state index contributed by atoms with van der Waals surface area (Å²) in [6.07, 6.45) is 1.84. The lowest BCUT2D eigenvalue weighted by molar-refractivity contribution is 0.0242. The molecule has 0 N–H and O–H groups in total. The molecule has 1 saturated heterocycles. The number of hydrogen-bond acceptors (Lipinski definition) is 5. The molecule has 0 saturated carbocycles. The summed E-state index contributed by atoms with van der Waals surface area (Å²) >= 11 is 1.64. The number of carbonyl (C=O) groups is 1. The van der Waals surface area contributed by atoms with E-state index in [0.29, 0.717) is 0 Å². The van der Waals surface area contributed by atoms with Gasteiger partial charge >= 0.3 is 6.09 Å². The predicted molar refractivity (Wildman–Crippen MR) is 83.5 cm³/mol. The highest BCUT2D eigenvalue weighted by molar-refractivity contribution is 7.99. The van der Waals surface area contributed by atoms with Crippen LogP contribution in [0.5, 0.6) is 0 Å². The molecule has 0 radical (unpaired) electrons. The minimum absolute atomic E-state index is 0.208. The summed E-state index contributed by atoms with van der Waals surface area (Å²) in [6.45, 7) is 8.38. The first-order valence-corrected chi connectivity index (χ1v) is 8.26. The highest BCUT2D eigenvalue weighted by atomic mass is 32.2. The van der Waals surface area contributed by atoms with E-state index in [1.54, 1.807) is 11.8 Å². The molecular formula is C15H23N3O2S. The number of aromatic nitrogens is 2. The third-order valence-corrected chi connectivity index (χ3v) is 4.27. The second-order valence-electron chi connectivity index (χ2n) is 6.29. The average molecular weight is 309 g/mol. The predicted octanol–water partition coefficient (Wildman–Crippen LogP) is 3.28. The zero-order chi connectivity index (χ0) is 15.5. The number of rotatable bonds is 3. The maximum absolute atomic E-state index is 12.2. The fourth-order valence-electron chi connectivity index (χ4n) is 2.22. The second-order valence-corrected chi connectivity index (χ2v) is 7.33. The van der Waals surface area contributed by atoms with Crippen molar-refractivity contribution in [1.82, 2.24) is 15.1 Å². The van der Waals surface area contributed by atoms with Crippen LogP contribution in [-0.2, 0) is 4.74 Å². The van der Waals surface area contributed by atoms with Crippen LogP contribution in [-0.4, -0.2) is 45.1 Å². The van der Waals surface area contributed by atoms with Crippen molar-refractivity contribution >= 4 is 17.9 Å². The van der Waals surface area contributed by atoms with Crippen molar-refractivity contribution in [1.29, 1.82) is 0 Å². The number of amides is 1. The zero-order valence-corrected chi connectivity index (χ0v) is 13.9. The van der Waals surface area contributed by atoms with Crippen LogP contribution in [0.4, 0.5) is 4.79 Å². The van der Waals surface area contributed by atoms with Gasteiger partial charge in [0.15, 0.2) is 0 Å². The lowest BCUT2D eigenvalue weighted by Crippen LogP contribution is -2.40. The van der Waals surface area contributed by atoms with E-state index in [-0.39, 0.29) is 12.1 Å². The highest BCUT2D eigenvalue weighted by Gasteiger charge is 2.32. The molecule has 5 nitrogen and oxygen atoms in total. The van der Waals surface area contributed by atoms with Crippen molar-refractivity contribution in [3.8, 4) is 0 Å². The van der Waals surface area contributed by atoms with Gasteiger partial charge in [-0.15, -0.1) is 16.9 Å². The molecule has 2 heterocycles. The zero-order valence-electron chi connectivity index (χ0n) is 13.1. The first-order valence-electron chi connectivity index (χ1n) is 7.28. The average Bonchev–Trinajstić information content (AvgIpc) is 2.84. The van der Waals surface area contributed by atoms with Gasteiger partial charge in [0.05, 0.1) is 5.69 Å². The van der Waals surface area contributed by atoms with Gasteiger partial charge in [0, 0.05) is 18.3 Å². The summed E-state index contributed by atoms with van der Waals surface area (Å²) in [5, 5.41) is 9.10. The number of likely N-dealkylation sites (tertiary alicyclic amines) is 1. The normalized spacial score (nSPS) is 18.9. The van der Waals surface area contributed by atoms with Gasteiger partial charge < -0.3 is 9.64 Å². The van der Waals surface area contributed by atoms with E-state index >= 15 is 0 Å². The Morgan fingerprint density at radius 1 is 1.43 bits per heavy atom. The van der Waals surface area contributed by atoms with Crippen molar-refractivity contribution in [3.63, 3.8) is 0 Å². The minimum Gasteiger partial charge on any atom is -0.444 e. The van der Waals surface area contributed by atoms with Crippen LogP contribution < -0.4 is 0 Å². The maximum atomic E-state index is 12.2. The summed E-state index contributed by atoms with van der Waals surface area (Å²) in [7, 11) is 0. The van der Waals surface area contributed by atoms with Gasteiger partial charge in [-0.3, -0.25) is 0 Å². The van der Waals surface area contributed by atoms with Crippen LogP contribution in [0.15, 0.2) is 17.2 Å². The van der Waals surface area contributed by atoms with Crippen LogP contribution in [0, 0.1) is 6.92 Å². The Morgan fingerprint density at radius 3 is 2.81 bits per heavy atom.